The lowest BCUT2D eigenvalue weighted by Gasteiger charge is -2.25. The van der Waals surface area contributed by atoms with Crippen LogP contribution in [-0.4, -0.2) is 49.1 Å². The number of ether oxygens (including phenoxy) is 3. The van der Waals surface area contributed by atoms with Gasteiger partial charge in [-0.1, -0.05) is 30.3 Å². The van der Waals surface area contributed by atoms with E-state index in [1.54, 1.807) is 43.5 Å². The number of ketones is 1. The molecule has 1 fully saturated rings. The lowest BCUT2D eigenvalue weighted by molar-refractivity contribution is -0.140. The minimum Gasteiger partial charge on any atom is -0.507 e. The van der Waals surface area contributed by atoms with Crippen molar-refractivity contribution >= 4 is 17.4 Å². The van der Waals surface area contributed by atoms with Crippen LogP contribution in [0.15, 0.2) is 78.4 Å². The third-order valence-electron chi connectivity index (χ3n) is 5.92. The van der Waals surface area contributed by atoms with Gasteiger partial charge in [0, 0.05) is 19.2 Å². The number of aliphatic hydroxyl groups is 1. The summed E-state index contributed by atoms with van der Waals surface area (Å²) in [5.74, 6) is 0.172. The van der Waals surface area contributed by atoms with Gasteiger partial charge in [-0.15, -0.1) is 0 Å². The van der Waals surface area contributed by atoms with E-state index in [9.17, 15) is 14.7 Å². The van der Waals surface area contributed by atoms with Gasteiger partial charge in [-0.2, -0.15) is 0 Å². The van der Waals surface area contributed by atoms with Crippen molar-refractivity contribution in [1.29, 1.82) is 0 Å². The Morgan fingerprint density at radius 2 is 1.66 bits per heavy atom. The average Bonchev–Trinajstić information content (AvgIpc) is 3.12. The number of carbonyl (C=O) groups is 2. The Bertz CT molecular complexity index is 1270. The summed E-state index contributed by atoms with van der Waals surface area (Å²) in [4.78, 5) is 27.6. The number of aryl methyl sites for hydroxylation is 1. The lowest BCUT2D eigenvalue weighted by Crippen LogP contribution is -2.32. The van der Waals surface area contributed by atoms with Crippen molar-refractivity contribution in [2.75, 3.05) is 27.4 Å². The van der Waals surface area contributed by atoms with Gasteiger partial charge in [-0.25, -0.2) is 0 Å². The van der Waals surface area contributed by atoms with Gasteiger partial charge in [0.15, 0.2) is 0 Å². The third-order valence-corrected chi connectivity index (χ3v) is 5.92. The molecule has 0 aromatic heterocycles. The van der Waals surface area contributed by atoms with Crippen molar-refractivity contribution in [3.8, 4) is 17.2 Å². The Balaban J connectivity index is 1.82. The Kier molecular flexibility index (Phi) is 7.17. The summed E-state index contributed by atoms with van der Waals surface area (Å²) in [7, 11) is 3.08. The van der Waals surface area contributed by atoms with E-state index in [4.69, 9.17) is 14.2 Å². The number of Topliss-reactive ketones (excluding diaryl/α,β-unsaturated/α-hetero) is 1. The summed E-state index contributed by atoms with van der Waals surface area (Å²) in [6.07, 6.45) is 0. The number of likely N-dealkylation sites (tertiary alicyclic amines) is 1. The molecule has 1 saturated heterocycles. The summed E-state index contributed by atoms with van der Waals surface area (Å²) in [5.41, 5.74) is 1.83. The van der Waals surface area contributed by atoms with Crippen LogP contribution in [0.25, 0.3) is 5.76 Å². The van der Waals surface area contributed by atoms with Crippen LogP contribution in [0.5, 0.6) is 17.2 Å². The van der Waals surface area contributed by atoms with Crippen LogP contribution in [0.1, 0.15) is 22.7 Å². The molecular formula is C28H27NO6. The molecular weight excluding hydrogens is 446 g/mol. The van der Waals surface area contributed by atoms with Crippen molar-refractivity contribution in [2.45, 2.75) is 13.0 Å². The van der Waals surface area contributed by atoms with Gasteiger partial charge in [0.05, 0.1) is 25.3 Å². The number of methoxy groups -OCH3 is 2. The first-order valence-corrected chi connectivity index (χ1v) is 11.2. The van der Waals surface area contributed by atoms with Gasteiger partial charge >= 0.3 is 0 Å². The molecule has 1 N–H and O–H groups in total. The molecule has 1 heterocycles. The molecule has 3 aromatic rings. The fraction of sp³-hybridized carbons (Fsp3) is 0.214. The summed E-state index contributed by atoms with van der Waals surface area (Å²) in [5, 5.41) is 11.3. The second-order valence-electron chi connectivity index (χ2n) is 8.15. The van der Waals surface area contributed by atoms with Crippen molar-refractivity contribution in [3.63, 3.8) is 0 Å². The van der Waals surface area contributed by atoms with Crippen LogP contribution in [0, 0.1) is 6.92 Å². The van der Waals surface area contributed by atoms with Crippen LogP contribution in [0.2, 0.25) is 0 Å². The second kappa shape index (κ2) is 10.4. The zero-order valence-corrected chi connectivity index (χ0v) is 19.9. The van der Waals surface area contributed by atoms with Gasteiger partial charge in [-0.05, 0) is 60.5 Å². The summed E-state index contributed by atoms with van der Waals surface area (Å²) in [6.45, 7) is 2.24. The Morgan fingerprint density at radius 1 is 0.914 bits per heavy atom. The molecule has 35 heavy (non-hydrogen) atoms. The maximum atomic E-state index is 13.2. The minimum absolute atomic E-state index is 0.0243. The maximum Gasteiger partial charge on any atom is 0.295 e. The Morgan fingerprint density at radius 3 is 2.34 bits per heavy atom. The van der Waals surface area contributed by atoms with Gasteiger partial charge in [0.1, 0.15) is 23.0 Å². The molecule has 0 unspecified atom stereocenters. The van der Waals surface area contributed by atoms with E-state index in [1.165, 1.54) is 12.0 Å². The fourth-order valence-electron chi connectivity index (χ4n) is 4.19. The number of aliphatic hydroxyl groups excluding tert-OH is 1. The molecule has 0 spiro atoms. The highest BCUT2D eigenvalue weighted by molar-refractivity contribution is 6.46. The zero-order chi connectivity index (χ0) is 24.9. The van der Waals surface area contributed by atoms with E-state index in [2.05, 4.69) is 0 Å². The smallest absolute Gasteiger partial charge is 0.295 e. The molecule has 0 radical (unpaired) electrons. The predicted molar refractivity (Wildman–Crippen MR) is 132 cm³/mol. The predicted octanol–water partition coefficient (Wildman–Crippen LogP) is 4.86. The first-order valence-electron chi connectivity index (χ1n) is 11.2. The van der Waals surface area contributed by atoms with Gasteiger partial charge in [-0.3, -0.25) is 9.59 Å². The number of benzene rings is 3. The highest BCUT2D eigenvalue weighted by Crippen LogP contribution is 2.41. The SMILES string of the molecule is COCCN1C(=O)C(=O)C(=C(O)c2ccc(OC)cc2C)[C@H]1c1cccc(Oc2ccccc2)c1. The molecule has 3 aromatic carbocycles. The van der Waals surface area contributed by atoms with E-state index in [0.717, 1.165) is 0 Å². The van der Waals surface area contributed by atoms with Crippen molar-refractivity contribution in [3.05, 3.63) is 95.1 Å². The monoisotopic (exact) mass is 473 g/mol. The first-order chi connectivity index (χ1) is 16.9. The van der Waals surface area contributed by atoms with Gasteiger partial charge in [0.25, 0.3) is 11.7 Å². The molecule has 4 rings (SSSR count). The quantitative estimate of drug-likeness (QED) is 0.286. The minimum atomic E-state index is -0.800. The molecule has 7 nitrogen and oxygen atoms in total. The number of amides is 1. The van der Waals surface area contributed by atoms with Crippen molar-refractivity contribution in [2.24, 2.45) is 0 Å². The van der Waals surface area contributed by atoms with E-state index < -0.39 is 17.7 Å². The molecule has 1 aliphatic rings. The molecule has 1 aliphatic heterocycles. The number of carbonyl (C=O) groups excluding carboxylic acids is 2. The van der Waals surface area contributed by atoms with Crippen LogP contribution in [-0.2, 0) is 14.3 Å². The number of rotatable bonds is 8. The van der Waals surface area contributed by atoms with Crippen molar-refractivity contribution in [1.82, 2.24) is 4.90 Å². The molecule has 0 aliphatic carbocycles. The second-order valence-corrected chi connectivity index (χ2v) is 8.15. The molecule has 1 amide bonds. The highest BCUT2D eigenvalue weighted by Gasteiger charge is 2.46. The van der Waals surface area contributed by atoms with E-state index >= 15 is 0 Å². The van der Waals surface area contributed by atoms with Crippen LogP contribution in [0.4, 0.5) is 0 Å². The Hall–Kier alpha value is -4.10. The highest BCUT2D eigenvalue weighted by atomic mass is 16.5. The van der Waals surface area contributed by atoms with E-state index in [-0.39, 0.29) is 24.5 Å². The maximum absolute atomic E-state index is 13.2. The zero-order valence-electron chi connectivity index (χ0n) is 19.9. The fourth-order valence-corrected chi connectivity index (χ4v) is 4.19. The van der Waals surface area contributed by atoms with Crippen LogP contribution >= 0.6 is 0 Å². The first kappa shape index (κ1) is 24.0. The Labute approximate surface area is 204 Å². The normalized spacial score (nSPS) is 17.0. The molecule has 0 saturated carbocycles. The molecule has 1 atom stereocenters. The summed E-state index contributed by atoms with van der Waals surface area (Å²) >= 11 is 0. The topological polar surface area (TPSA) is 85.3 Å². The largest absolute Gasteiger partial charge is 0.507 e. The van der Waals surface area contributed by atoms with Crippen LogP contribution < -0.4 is 9.47 Å². The standard InChI is InChI=1S/C28H27NO6/c1-18-16-21(34-3)12-13-23(18)26(30)24-25(29(14-15-33-2)28(32)27(24)31)19-8-7-11-22(17-19)35-20-9-5-4-6-10-20/h4-13,16-17,25,30H,14-15H2,1-3H3/t25-/m1/s1. The van der Waals surface area contributed by atoms with Crippen LogP contribution in [0.3, 0.4) is 0 Å². The van der Waals surface area contributed by atoms with Gasteiger partial charge in [0.2, 0.25) is 0 Å². The van der Waals surface area contributed by atoms with E-state index in [0.29, 0.717) is 33.9 Å². The third kappa shape index (κ3) is 4.90. The van der Waals surface area contributed by atoms with Crippen molar-refractivity contribution < 1.29 is 28.9 Å². The summed E-state index contributed by atoms with van der Waals surface area (Å²) in [6, 6.07) is 20.8. The molecule has 0 bridgehead atoms. The summed E-state index contributed by atoms with van der Waals surface area (Å²) < 4.78 is 16.4. The molecule has 7 heteroatoms. The number of nitrogens with zero attached hydrogens (tertiary/aromatic N) is 1. The van der Waals surface area contributed by atoms with E-state index in [1.807, 2.05) is 43.3 Å². The lowest BCUT2D eigenvalue weighted by atomic mass is 9.93. The molecule has 180 valence electrons. The number of hydrogen-bond donors (Lipinski definition) is 1. The average molecular weight is 474 g/mol. The van der Waals surface area contributed by atoms with Gasteiger partial charge < -0.3 is 24.2 Å². The number of hydrogen-bond acceptors (Lipinski definition) is 6. The number of para-hydroxylation sites is 1.